The maximum atomic E-state index is 12.8. The molecule has 0 aliphatic heterocycles. The highest BCUT2D eigenvalue weighted by Crippen LogP contribution is 2.26. The first-order valence-electron chi connectivity index (χ1n) is 6.25. The maximum absolute atomic E-state index is 12.8. The summed E-state index contributed by atoms with van der Waals surface area (Å²) in [5, 5.41) is 0. The van der Waals surface area contributed by atoms with Crippen LogP contribution in [0.1, 0.15) is 44.2 Å². The predicted molar refractivity (Wildman–Crippen MR) is 68.4 cm³/mol. The SMILES string of the molecule is CC(N=C(N)C1CCCC1)c1ccc(F)cc1. The Hall–Kier alpha value is -1.38. The van der Waals surface area contributed by atoms with Crippen molar-refractivity contribution in [1.29, 1.82) is 0 Å². The quantitative estimate of drug-likeness (QED) is 0.631. The first-order chi connectivity index (χ1) is 8.16. The smallest absolute Gasteiger partial charge is 0.123 e. The Morgan fingerprint density at radius 2 is 1.88 bits per heavy atom. The van der Waals surface area contributed by atoms with Crippen LogP contribution >= 0.6 is 0 Å². The largest absolute Gasteiger partial charge is 0.387 e. The van der Waals surface area contributed by atoms with Crippen molar-refractivity contribution in [1.82, 2.24) is 0 Å². The fraction of sp³-hybridized carbons (Fsp3) is 0.500. The molecule has 0 saturated heterocycles. The molecule has 1 saturated carbocycles. The predicted octanol–water partition coefficient (Wildman–Crippen LogP) is 3.43. The third-order valence-corrected chi connectivity index (χ3v) is 3.47. The molecule has 92 valence electrons. The van der Waals surface area contributed by atoms with Gasteiger partial charge in [0.05, 0.1) is 11.9 Å². The fourth-order valence-electron chi connectivity index (χ4n) is 2.37. The molecule has 1 unspecified atom stereocenters. The molecule has 2 N–H and O–H groups in total. The van der Waals surface area contributed by atoms with Crippen molar-refractivity contribution < 1.29 is 4.39 Å². The number of amidine groups is 1. The van der Waals surface area contributed by atoms with Crippen molar-refractivity contribution in [3.63, 3.8) is 0 Å². The molecule has 1 atom stereocenters. The summed E-state index contributed by atoms with van der Waals surface area (Å²) in [6.45, 7) is 2.00. The van der Waals surface area contributed by atoms with E-state index in [1.165, 1.54) is 25.0 Å². The number of hydrogen-bond donors (Lipinski definition) is 1. The topological polar surface area (TPSA) is 38.4 Å². The molecule has 0 spiro atoms. The average Bonchev–Trinajstić information content (AvgIpc) is 2.83. The van der Waals surface area contributed by atoms with Gasteiger partial charge in [-0.3, -0.25) is 4.99 Å². The summed E-state index contributed by atoms with van der Waals surface area (Å²) in [5.74, 6) is 1.01. The molecule has 1 fully saturated rings. The fourth-order valence-corrected chi connectivity index (χ4v) is 2.37. The number of rotatable bonds is 3. The normalized spacial score (nSPS) is 19.5. The summed E-state index contributed by atoms with van der Waals surface area (Å²) in [6.07, 6.45) is 4.83. The molecule has 1 aromatic carbocycles. The molecule has 0 amide bonds. The third kappa shape index (κ3) is 3.05. The van der Waals surface area contributed by atoms with Gasteiger partial charge < -0.3 is 5.73 Å². The number of aliphatic imine (C=N–C) groups is 1. The minimum atomic E-state index is -0.214. The van der Waals surface area contributed by atoms with E-state index in [1.807, 2.05) is 6.92 Å². The van der Waals surface area contributed by atoms with Crippen molar-refractivity contribution in [2.45, 2.75) is 38.6 Å². The van der Waals surface area contributed by atoms with E-state index in [1.54, 1.807) is 12.1 Å². The monoisotopic (exact) mass is 234 g/mol. The zero-order valence-corrected chi connectivity index (χ0v) is 10.2. The summed E-state index contributed by atoms with van der Waals surface area (Å²) >= 11 is 0. The van der Waals surface area contributed by atoms with E-state index < -0.39 is 0 Å². The van der Waals surface area contributed by atoms with Crippen LogP contribution < -0.4 is 5.73 Å². The molecule has 0 aromatic heterocycles. The second-order valence-electron chi connectivity index (χ2n) is 4.76. The van der Waals surface area contributed by atoms with E-state index >= 15 is 0 Å². The molecule has 2 nitrogen and oxygen atoms in total. The summed E-state index contributed by atoms with van der Waals surface area (Å²) in [6, 6.07) is 6.48. The lowest BCUT2D eigenvalue weighted by Gasteiger charge is -2.12. The van der Waals surface area contributed by atoms with E-state index in [9.17, 15) is 4.39 Å². The van der Waals surface area contributed by atoms with E-state index in [-0.39, 0.29) is 11.9 Å². The van der Waals surface area contributed by atoms with Gasteiger partial charge in [0.2, 0.25) is 0 Å². The van der Waals surface area contributed by atoms with Gasteiger partial charge in [-0.1, -0.05) is 25.0 Å². The molecule has 3 heteroatoms. The van der Waals surface area contributed by atoms with Crippen molar-refractivity contribution >= 4 is 5.84 Å². The van der Waals surface area contributed by atoms with Gasteiger partial charge in [-0.2, -0.15) is 0 Å². The van der Waals surface area contributed by atoms with Crippen LogP contribution in [0.4, 0.5) is 4.39 Å². The van der Waals surface area contributed by atoms with E-state index in [0.29, 0.717) is 5.92 Å². The van der Waals surface area contributed by atoms with Gasteiger partial charge in [-0.25, -0.2) is 4.39 Å². The molecule has 0 radical (unpaired) electrons. The molecular weight excluding hydrogens is 215 g/mol. The van der Waals surface area contributed by atoms with Gasteiger partial charge in [0.15, 0.2) is 0 Å². The average molecular weight is 234 g/mol. The molecule has 1 aliphatic rings. The van der Waals surface area contributed by atoms with Crippen LogP contribution in [0.25, 0.3) is 0 Å². The number of benzene rings is 1. The number of hydrogen-bond acceptors (Lipinski definition) is 1. The van der Waals surface area contributed by atoms with Crippen molar-refractivity contribution in [3.05, 3.63) is 35.6 Å². The van der Waals surface area contributed by atoms with Crippen LogP contribution in [-0.4, -0.2) is 5.84 Å². The molecular formula is C14H19FN2. The molecule has 0 heterocycles. The van der Waals surface area contributed by atoms with E-state index in [0.717, 1.165) is 24.2 Å². The van der Waals surface area contributed by atoms with E-state index in [4.69, 9.17) is 5.73 Å². The zero-order valence-electron chi connectivity index (χ0n) is 10.2. The molecule has 1 aromatic rings. The summed E-state index contributed by atoms with van der Waals surface area (Å²) < 4.78 is 12.8. The third-order valence-electron chi connectivity index (χ3n) is 3.47. The Labute approximate surface area is 102 Å². The van der Waals surface area contributed by atoms with Gasteiger partial charge in [0.1, 0.15) is 5.82 Å². The van der Waals surface area contributed by atoms with Crippen LogP contribution in [0.15, 0.2) is 29.3 Å². The Morgan fingerprint density at radius 1 is 1.29 bits per heavy atom. The van der Waals surface area contributed by atoms with Gasteiger partial charge in [-0.15, -0.1) is 0 Å². The minimum Gasteiger partial charge on any atom is -0.387 e. The Morgan fingerprint density at radius 3 is 2.47 bits per heavy atom. The van der Waals surface area contributed by atoms with Gasteiger partial charge in [0.25, 0.3) is 0 Å². The minimum absolute atomic E-state index is 0.0104. The molecule has 0 bridgehead atoms. The first kappa shape index (κ1) is 12.1. The number of nitrogens with zero attached hydrogens (tertiary/aromatic N) is 1. The first-order valence-corrected chi connectivity index (χ1v) is 6.25. The molecule has 17 heavy (non-hydrogen) atoms. The van der Waals surface area contributed by atoms with Crippen molar-refractivity contribution in [2.24, 2.45) is 16.6 Å². The van der Waals surface area contributed by atoms with Crippen molar-refractivity contribution in [2.75, 3.05) is 0 Å². The highest BCUT2D eigenvalue weighted by atomic mass is 19.1. The van der Waals surface area contributed by atoms with Crippen LogP contribution in [0, 0.1) is 11.7 Å². The zero-order chi connectivity index (χ0) is 12.3. The lowest BCUT2D eigenvalue weighted by Crippen LogP contribution is -2.22. The van der Waals surface area contributed by atoms with Gasteiger partial charge >= 0.3 is 0 Å². The second-order valence-corrected chi connectivity index (χ2v) is 4.76. The van der Waals surface area contributed by atoms with E-state index in [2.05, 4.69) is 4.99 Å². The van der Waals surface area contributed by atoms with Crippen LogP contribution in [0.2, 0.25) is 0 Å². The molecule has 1 aliphatic carbocycles. The summed E-state index contributed by atoms with van der Waals surface area (Å²) in [4.78, 5) is 4.53. The Bertz CT molecular complexity index is 391. The highest BCUT2D eigenvalue weighted by molar-refractivity contribution is 5.83. The second kappa shape index (κ2) is 5.30. The van der Waals surface area contributed by atoms with Crippen molar-refractivity contribution in [3.8, 4) is 0 Å². The lowest BCUT2D eigenvalue weighted by atomic mass is 10.1. The highest BCUT2D eigenvalue weighted by Gasteiger charge is 2.19. The van der Waals surface area contributed by atoms with Crippen LogP contribution in [0.5, 0.6) is 0 Å². The van der Waals surface area contributed by atoms with Crippen LogP contribution in [-0.2, 0) is 0 Å². The standard InChI is InChI=1S/C14H19FN2/c1-10(11-6-8-13(15)9-7-11)17-14(16)12-4-2-3-5-12/h6-10,12H,2-5H2,1H3,(H2,16,17). The number of nitrogens with two attached hydrogens (primary N) is 1. The lowest BCUT2D eigenvalue weighted by molar-refractivity contribution is 0.625. The van der Waals surface area contributed by atoms with Gasteiger partial charge in [0, 0.05) is 5.92 Å². The summed E-state index contributed by atoms with van der Waals surface area (Å²) in [5.41, 5.74) is 7.03. The summed E-state index contributed by atoms with van der Waals surface area (Å²) in [7, 11) is 0. The van der Waals surface area contributed by atoms with Gasteiger partial charge in [-0.05, 0) is 37.5 Å². The molecule has 2 rings (SSSR count). The van der Waals surface area contributed by atoms with Crippen LogP contribution in [0.3, 0.4) is 0 Å². The number of halogens is 1. The Kier molecular flexibility index (Phi) is 3.77. The maximum Gasteiger partial charge on any atom is 0.123 e. The Balaban J connectivity index is 2.06.